The van der Waals surface area contributed by atoms with Crippen LogP contribution in [0.4, 0.5) is 0 Å². The number of ether oxygens (including phenoxy) is 6. The molecule has 7 heterocycles. The standard InChI is InChI=1S/C66H74Cl2N8O25/c1-23(2)12-34(70-5)58(87)75-49-51(82)26-7-10-38(32(67)14-26)97-40-16-28-17-41(55(40)101-65-56(54(85)53(84)42(22-77)99-65)100-44-21-66(4,69)57(86)24(3)96-44)98-39-11-8-27(15-33(39)68)52(83)50-62(91)74-48(64(94)95)31-18-29(78)19-37(80)45(31)30-13-25(6-9-36(30)79)46(59(88)76-50)73-60(89)47(28)72-43(81)20-35(63(92)93)71-61(49)90/h6-11,13-19,23-24,34-35,42,44,46-54,56-57,65,70,77-80,82-86H,12,20-22,69H2,1-5H3,(H,71,90)(H,72,81)(H,73,89)(H,74,91)(H,75,87)(H,76,88)(H,92,93)(H,94,95)/t24-,34+,35-,42+,44-,46+,47+,48-,49+,50-,51+,52+,53+,54-,56+,57+,65-,66-/m0/s1. The zero-order valence-corrected chi connectivity index (χ0v) is 55.7. The van der Waals surface area contributed by atoms with E-state index >= 15 is 9.59 Å². The van der Waals surface area contributed by atoms with Crippen LogP contribution in [0, 0.1) is 5.92 Å². The fourth-order valence-corrected chi connectivity index (χ4v) is 12.9. The van der Waals surface area contributed by atoms with E-state index in [1.165, 1.54) is 27.0 Å². The Kier molecular flexibility index (Phi) is 22.2. The first-order valence-corrected chi connectivity index (χ1v) is 32.3. The number of carbonyl (C=O) groups is 8. The molecule has 5 aromatic carbocycles. The smallest absolute Gasteiger partial charge is 0.330 e. The van der Waals surface area contributed by atoms with E-state index in [1.807, 2.05) is 13.8 Å². The molecule has 0 aliphatic carbocycles. The summed E-state index contributed by atoms with van der Waals surface area (Å²) in [6.45, 7) is 5.63. The third-order valence-corrected chi connectivity index (χ3v) is 18.3. The molecular weight excluding hydrogens is 1380 g/mol. The van der Waals surface area contributed by atoms with E-state index in [1.54, 1.807) is 0 Å². The number of aliphatic carboxylic acids is 2. The molecule has 11 bridgehead atoms. The molecule has 33 nitrogen and oxygen atoms in total. The summed E-state index contributed by atoms with van der Waals surface area (Å²) in [7, 11) is 1.46. The van der Waals surface area contributed by atoms with Crippen LogP contribution in [0.25, 0.3) is 11.1 Å². The number of carboxylic acid groups (broad SMARTS) is 2. The lowest BCUT2D eigenvalue weighted by Gasteiger charge is -2.47. The van der Waals surface area contributed by atoms with Crippen LogP contribution in [0.3, 0.4) is 0 Å². The number of aliphatic hydroxyl groups is 6. The fraction of sp³-hybridized carbons (Fsp3) is 0.424. The Morgan fingerprint density at radius 1 is 0.703 bits per heavy atom. The summed E-state index contributed by atoms with van der Waals surface area (Å²) in [4.78, 5) is 116. The second-order valence-electron chi connectivity index (χ2n) is 25.6. The number of hydrogen-bond donors (Lipinski definition) is 19. The number of likely N-dealkylation sites (N-methyl/N-ethyl adjacent to an activating group) is 1. The van der Waals surface area contributed by atoms with Crippen LogP contribution < -0.4 is 57.2 Å². The number of nitrogens with two attached hydrogens (primary N) is 1. The second kappa shape index (κ2) is 30.2. The Morgan fingerprint density at radius 3 is 1.90 bits per heavy atom. The molecule has 35 heteroatoms. The number of carbonyl (C=O) groups excluding carboxylic acids is 6. The van der Waals surface area contributed by atoms with Crippen molar-refractivity contribution >= 4 is 70.6 Å². The summed E-state index contributed by atoms with van der Waals surface area (Å²) in [5, 5.41) is 141. The van der Waals surface area contributed by atoms with Crippen LogP contribution in [-0.2, 0) is 52.6 Å². The molecule has 2 saturated heterocycles. The van der Waals surface area contributed by atoms with Gasteiger partial charge in [0, 0.05) is 34.7 Å². The van der Waals surface area contributed by atoms with Gasteiger partial charge in [-0.1, -0.05) is 55.2 Å². The molecule has 0 spiro atoms. The predicted octanol–water partition coefficient (Wildman–Crippen LogP) is 0.706. The summed E-state index contributed by atoms with van der Waals surface area (Å²) < 4.78 is 38.2. The molecule has 0 saturated carbocycles. The zero-order valence-electron chi connectivity index (χ0n) is 54.2. The van der Waals surface area contributed by atoms with E-state index in [0.717, 1.165) is 72.8 Å². The molecule has 2 fully saturated rings. The van der Waals surface area contributed by atoms with Gasteiger partial charge in [-0.2, -0.15) is 0 Å². The first-order valence-electron chi connectivity index (χ1n) is 31.6. The molecule has 7 aliphatic heterocycles. The minimum Gasteiger partial charge on any atom is -0.508 e. The Labute approximate surface area is 583 Å². The maximum Gasteiger partial charge on any atom is 0.330 e. The number of aliphatic hydroxyl groups excluding tert-OH is 6. The van der Waals surface area contributed by atoms with Crippen molar-refractivity contribution in [3.63, 3.8) is 0 Å². The number of rotatable bonds is 12. The highest BCUT2D eigenvalue weighted by atomic mass is 35.5. The predicted molar refractivity (Wildman–Crippen MR) is 348 cm³/mol. The van der Waals surface area contributed by atoms with Crippen molar-refractivity contribution in [1.82, 2.24) is 37.2 Å². The van der Waals surface area contributed by atoms with Gasteiger partial charge in [-0.05, 0) is 110 Å². The van der Waals surface area contributed by atoms with E-state index < -0.39 is 242 Å². The maximum absolute atomic E-state index is 15.9. The van der Waals surface area contributed by atoms with Gasteiger partial charge in [0.15, 0.2) is 29.9 Å². The lowest BCUT2D eigenvalue weighted by molar-refractivity contribution is -0.333. The summed E-state index contributed by atoms with van der Waals surface area (Å²) in [6.07, 6.45) is -18.8. The highest BCUT2D eigenvalue weighted by Crippen LogP contribution is 2.50. The van der Waals surface area contributed by atoms with E-state index in [0.29, 0.717) is 0 Å². The first kappa shape index (κ1) is 74.5. The SMILES string of the molecule is CN[C@H](CC(C)C)C(=O)N[C@H]1C(=O)N[C@H](C(=O)O)CC(=O)N[C@H]2C(=O)N[C@H]3C(=O)N[C@H](C(=O)N[C@H](C(=O)O)c4cc(O)cc(O)c4-c4cc3ccc4O)[C@H](O)c3ccc(c(Cl)c3)Oc3cc2cc(c3O[C@@H]2O[C@H](CO)[C@@H](O)[C@H](O)[C@H]2O[C@H]2C[C@](C)(N)[C@H](O)[C@H](C)O2)Oc2ccc(cc2Cl)[C@H]1O. The quantitative estimate of drug-likeness (QED) is 0.0817. The number of fused-ring (bicyclic) bond motifs is 16. The van der Waals surface area contributed by atoms with Crippen LogP contribution in [0.5, 0.6) is 46.0 Å². The Morgan fingerprint density at radius 2 is 1.32 bits per heavy atom. The largest absolute Gasteiger partial charge is 0.508 e. The van der Waals surface area contributed by atoms with Gasteiger partial charge in [0.1, 0.15) is 89.5 Å². The fourth-order valence-electron chi connectivity index (χ4n) is 12.4. The molecule has 0 unspecified atom stereocenters. The number of nitrogens with one attached hydrogen (secondary N) is 7. The molecular formula is C66H74Cl2N8O25. The molecule has 542 valence electrons. The molecule has 0 aromatic heterocycles. The molecule has 12 rings (SSSR count). The highest BCUT2D eigenvalue weighted by Gasteiger charge is 2.51. The Hall–Kier alpha value is -9.20. The summed E-state index contributed by atoms with van der Waals surface area (Å²) in [5.41, 5.74) is 2.21. The number of carboxylic acids is 2. The van der Waals surface area contributed by atoms with Gasteiger partial charge in [0.2, 0.25) is 47.5 Å². The molecule has 0 radical (unpaired) electrons. The van der Waals surface area contributed by atoms with E-state index in [2.05, 4.69) is 37.2 Å². The first-order chi connectivity index (χ1) is 47.7. The van der Waals surface area contributed by atoms with Gasteiger partial charge >= 0.3 is 11.9 Å². The molecule has 7 aliphatic rings. The number of aromatic hydroxyl groups is 3. The molecule has 18 atom stereocenters. The van der Waals surface area contributed by atoms with Gasteiger partial charge in [-0.15, -0.1) is 0 Å². The van der Waals surface area contributed by atoms with Crippen LogP contribution >= 0.6 is 23.2 Å². The minimum absolute atomic E-state index is 0.0991. The Balaban J connectivity index is 1.23. The van der Waals surface area contributed by atoms with Crippen molar-refractivity contribution in [3.05, 3.63) is 117 Å². The van der Waals surface area contributed by atoms with E-state index in [9.17, 15) is 84.9 Å². The van der Waals surface area contributed by atoms with E-state index in [-0.39, 0.29) is 41.2 Å². The summed E-state index contributed by atoms with van der Waals surface area (Å²) >= 11 is 14.1. The van der Waals surface area contributed by atoms with Crippen LogP contribution in [0.1, 0.15) is 105 Å². The normalized spacial score (nSPS) is 29.6. The number of benzene rings is 5. The number of phenols is 3. The number of amides is 6. The van der Waals surface area contributed by atoms with Crippen molar-refractivity contribution in [2.45, 2.75) is 156 Å². The molecule has 20 N–H and O–H groups in total. The molecule has 5 aromatic rings. The zero-order chi connectivity index (χ0) is 73.5. The van der Waals surface area contributed by atoms with Crippen molar-refractivity contribution in [2.75, 3.05) is 13.7 Å². The molecule has 6 amide bonds. The van der Waals surface area contributed by atoms with Crippen molar-refractivity contribution in [1.29, 1.82) is 0 Å². The van der Waals surface area contributed by atoms with Gasteiger partial charge in [-0.3, -0.25) is 28.8 Å². The van der Waals surface area contributed by atoms with E-state index in [4.69, 9.17) is 57.4 Å². The monoisotopic (exact) mass is 1450 g/mol. The minimum atomic E-state index is -2.32. The van der Waals surface area contributed by atoms with Gasteiger partial charge < -0.3 is 128 Å². The average molecular weight is 1450 g/mol. The lowest BCUT2D eigenvalue weighted by atomic mass is 9.86. The van der Waals surface area contributed by atoms with Crippen molar-refractivity contribution < 1.29 is 123 Å². The van der Waals surface area contributed by atoms with Crippen LogP contribution in [0.15, 0.2) is 78.9 Å². The lowest BCUT2D eigenvalue weighted by Crippen LogP contribution is -2.64. The number of halogens is 2. The number of hydrogen-bond acceptors (Lipinski definition) is 25. The van der Waals surface area contributed by atoms with Gasteiger partial charge in [0.05, 0.1) is 41.3 Å². The molecule has 101 heavy (non-hydrogen) atoms. The maximum atomic E-state index is 15.9. The van der Waals surface area contributed by atoms with Crippen LogP contribution in [-0.4, -0.2) is 196 Å². The second-order valence-corrected chi connectivity index (χ2v) is 26.5. The third kappa shape index (κ3) is 15.8. The average Bonchev–Trinajstić information content (AvgIpc) is 0.953. The number of phenolic OH excluding ortho intramolecular Hbond substituents is 3. The van der Waals surface area contributed by atoms with Crippen molar-refractivity contribution in [2.24, 2.45) is 11.7 Å². The van der Waals surface area contributed by atoms with Gasteiger partial charge in [0.25, 0.3) is 0 Å². The van der Waals surface area contributed by atoms with Crippen molar-refractivity contribution in [3.8, 4) is 57.1 Å². The van der Waals surface area contributed by atoms with Gasteiger partial charge in [-0.25, -0.2) is 9.59 Å². The highest BCUT2D eigenvalue weighted by molar-refractivity contribution is 6.32. The Bertz CT molecular complexity index is 4070. The topological polar surface area (TPSA) is 525 Å². The third-order valence-electron chi connectivity index (χ3n) is 17.8. The summed E-state index contributed by atoms with van der Waals surface area (Å²) in [5.74, 6) is -16.7. The summed E-state index contributed by atoms with van der Waals surface area (Å²) in [6, 6.07) is -0.942. The van der Waals surface area contributed by atoms with Crippen LogP contribution in [0.2, 0.25) is 10.0 Å².